The molecule has 2 N–H and O–H groups in total. The van der Waals surface area contributed by atoms with Gasteiger partial charge < -0.3 is 15.3 Å². The number of carboxylic acids is 1. The Morgan fingerprint density at radius 3 is 2.45 bits per heavy atom. The third kappa shape index (κ3) is 4.04. The summed E-state index contributed by atoms with van der Waals surface area (Å²) in [4.78, 5) is 25.5. The van der Waals surface area contributed by atoms with Crippen molar-refractivity contribution < 1.29 is 14.7 Å². The predicted molar refractivity (Wildman–Crippen MR) is 82.1 cm³/mol. The molecule has 20 heavy (non-hydrogen) atoms. The molecule has 1 rings (SSSR count). The quantitative estimate of drug-likeness (QED) is 0.818. The molecule has 0 radical (unpaired) electrons. The number of thioether (sulfide) groups is 1. The van der Waals surface area contributed by atoms with E-state index in [9.17, 15) is 14.7 Å². The summed E-state index contributed by atoms with van der Waals surface area (Å²) in [5.41, 5.74) is -1.09. The van der Waals surface area contributed by atoms with Crippen molar-refractivity contribution in [3.63, 3.8) is 0 Å². The minimum atomic E-state index is -1.09. The molecule has 0 aromatic carbocycles. The number of carbonyl (C=O) groups is 2. The van der Waals surface area contributed by atoms with Crippen LogP contribution in [0.25, 0.3) is 0 Å². The summed E-state index contributed by atoms with van der Waals surface area (Å²) in [6.45, 7) is 4.09. The average Bonchev–Trinajstić information content (AvgIpc) is 2.40. The van der Waals surface area contributed by atoms with E-state index in [4.69, 9.17) is 0 Å². The van der Waals surface area contributed by atoms with E-state index < -0.39 is 11.5 Å². The topological polar surface area (TPSA) is 69.6 Å². The van der Waals surface area contributed by atoms with Crippen LogP contribution in [0.2, 0.25) is 0 Å². The maximum absolute atomic E-state index is 12.3. The number of nitrogens with one attached hydrogen (secondary N) is 1. The van der Waals surface area contributed by atoms with E-state index in [0.717, 1.165) is 18.6 Å². The Kier molecular flexibility index (Phi) is 6.17. The van der Waals surface area contributed by atoms with Crippen LogP contribution in [0.15, 0.2) is 0 Å². The standard InChI is InChI=1S/C14H26N2O3S/c1-10-5-7-14(8-6-10,12(17)18)15-13(19)16(3)11(2)9-20-4/h10-11H,5-9H2,1-4H3,(H,15,19)(H,17,18). The third-order valence-corrected chi connectivity index (χ3v) is 5.09. The van der Waals surface area contributed by atoms with E-state index in [1.54, 1.807) is 23.7 Å². The fourth-order valence-corrected chi connectivity index (χ4v) is 3.20. The van der Waals surface area contributed by atoms with Gasteiger partial charge in [0.05, 0.1) is 0 Å². The lowest BCUT2D eigenvalue weighted by Gasteiger charge is -2.38. The van der Waals surface area contributed by atoms with E-state index in [-0.39, 0.29) is 12.1 Å². The first-order valence-corrected chi connectivity index (χ1v) is 8.49. The highest BCUT2D eigenvalue weighted by molar-refractivity contribution is 7.98. The highest BCUT2D eigenvalue weighted by Gasteiger charge is 2.43. The number of rotatable bonds is 5. The molecule has 1 aliphatic rings. The molecule has 1 unspecified atom stereocenters. The van der Waals surface area contributed by atoms with Crippen molar-refractivity contribution in [2.45, 2.75) is 51.1 Å². The molecule has 1 atom stereocenters. The van der Waals surface area contributed by atoms with Gasteiger partial charge in [0.2, 0.25) is 0 Å². The van der Waals surface area contributed by atoms with Crippen LogP contribution in [0.3, 0.4) is 0 Å². The van der Waals surface area contributed by atoms with Crippen molar-refractivity contribution in [2.75, 3.05) is 19.1 Å². The van der Waals surface area contributed by atoms with Crippen LogP contribution in [0.1, 0.15) is 39.5 Å². The lowest BCUT2D eigenvalue weighted by atomic mass is 9.77. The minimum absolute atomic E-state index is 0.0818. The van der Waals surface area contributed by atoms with E-state index in [0.29, 0.717) is 18.8 Å². The lowest BCUT2D eigenvalue weighted by molar-refractivity contribution is -0.146. The molecular weight excluding hydrogens is 276 g/mol. The van der Waals surface area contributed by atoms with Crippen LogP contribution in [-0.2, 0) is 4.79 Å². The molecule has 1 aliphatic carbocycles. The Labute approximate surface area is 125 Å². The van der Waals surface area contributed by atoms with Crippen LogP contribution in [-0.4, -0.2) is 52.6 Å². The van der Waals surface area contributed by atoms with Gasteiger partial charge in [-0.3, -0.25) is 0 Å². The number of nitrogens with zero attached hydrogens (tertiary/aromatic N) is 1. The minimum Gasteiger partial charge on any atom is -0.480 e. The molecule has 0 heterocycles. The van der Waals surface area contributed by atoms with E-state index in [1.165, 1.54) is 0 Å². The second-order valence-corrected chi connectivity index (χ2v) is 6.83. The summed E-state index contributed by atoms with van der Waals surface area (Å²) in [5.74, 6) is 0.456. The summed E-state index contributed by atoms with van der Waals surface area (Å²) >= 11 is 1.67. The van der Waals surface area contributed by atoms with Crippen molar-refractivity contribution in [1.82, 2.24) is 10.2 Å². The Morgan fingerprint density at radius 1 is 1.45 bits per heavy atom. The first-order valence-electron chi connectivity index (χ1n) is 7.09. The van der Waals surface area contributed by atoms with Gasteiger partial charge >= 0.3 is 12.0 Å². The molecule has 0 aromatic heterocycles. The molecule has 0 saturated heterocycles. The summed E-state index contributed by atoms with van der Waals surface area (Å²) in [7, 11) is 1.72. The number of carbonyl (C=O) groups excluding carboxylic acids is 1. The van der Waals surface area contributed by atoms with Crippen LogP contribution in [0.5, 0.6) is 0 Å². The summed E-state index contributed by atoms with van der Waals surface area (Å²) in [6.07, 6.45) is 4.71. The Hall–Kier alpha value is -0.910. The Morgan fingerprint density at radius 2 is 2.00 bits per heavy atom. The van der Waals surface area contributed by atoms with Gasteiger partial charge in [-0.25, -0.2) is 9.59 Å². The number of aliphatic carboxylic acids is 1. The molecule has 0 aliphatic heterocycles. The van der Waals surface area contributed by atoms with Crippen LogP contribution in [0.4, 0.5) is 4.79 Å². The zero-order valence-electron chi connectivity index (χ0n) is 12.8. The number of carboxylic acid groups (broad SMARTS) is 1. The number of hydrogen-bond donors (Lipinski definition) is 2. The molecule has 6 heteroatoms. The monoisotopic (exact) mass is 302 g/mol. The van der Waals surface area contributed by atoms with Gasteiger partial charge in [0, 0.05) is 18.8 Å². The van der Waals surface area contributed by atoms with Crippen LogP contribution >= 0.6 is 11.8 Å². The largest absolute Gasteiger partial charge is 0.480 e. The van der Waals surface area contributed by atoms with Gasteiger partial charge in [-0.2, -0.15) is 11.8 Å². The van der Waals surface area contributed by atoms with Crippen molar-refractivity contribution in [1.29, 1.82) is 0 Å². The highest BCUT2D eigenvalue weighted by atomic mass is 32.2. The Bertz CT molecular complexity index is 354. The SMILES string of the molecule is CSCC(C)N(C)C(=O)NC1(C(=O)O)CCC(C)CC1. The Balaban J connectivity index is 2.71. The second kappa shape index (κ2) is 7.20. The summed E-state index contributed by atoms with van der Waals surface area (Å²) in [5, 5.41) is 12.3. The highest BCUT2D eigenvalue weighted by Crippen LogP contribution is 2.32. The first-order chi connectivity index (χ1) is 9.32. The van der Waals surface area contributed by atoms with Crippen LogP contribution < -0.4 is 5.32 Å². The van der Waals surface area contributed by atoms with Crippen molar-refractivity contribution in [3.8, 4) is 0 Å². The maximum Gasteiger partial charge on any atom is 0.329 e. The maximum atomic E-state index is 12.3. The van der Waals surface area contributed by atoms with Crippen molar-refractivity contribution in [2.24, 2.45) is 5.92 Å². The molecule has 5 nitrogen and oxygen atoms in total. The van der Waals surface area contributed by atoms with E-state index >= 15 is 0 Å². The number of urea groups is 1. The smallest absolute Gasteiger partial charge is 0.329 e. The summed E-state index contributed by atoms with van der Waals surface area (Å²) < 4.78 is 0. The molecular formula is C14H26N2O3S. The van der Waals surface area contributed by atoms with E-state index in [2.05, 4.69) is 12.2 Å². The number of hydrogen-bond acceptors (Lipinski definition) is 3. The van der Waals surface area contributed by atoms with Crippen LogP contribution in [0, 0.1) is 5.92 Å². The van der Waals surface area contributed by atoms with Gasteiger partial charge in [0.25, 0.3) is 0 Å². The van der Waals surface area contributed by atoms with Crippen molar-refractivity contribution in [3.05, 3.63) is 0 Å². The third-order valence-electron chi connectivity index (χ3n) is 4.27. The fourth-order valence-electron chi connectivity index (χ4n) is 2.49. The zero-order chi connectivity index (χ0) is 15.3. The second-order valence-electron chi connectivity index (χ2n) is 5.92. The van der Waals surface area contributed by atoms with Gasteiger partial charge in [-0.1, -0.05) is 6.92 Å². The van der Waals surface area contributed by atoms with Gasteiger partial charge in [0.1, 0.15) is 5.54 Å². The lowest BCUT2D eigenvalue weighted by Crippen LogP contribution is -2.59. The normalized spacial score (nSPS) is 27.7. The van der Waals surface area contributed by atoms with Crippen molar-refractivity contribution >= 4 is 23.8 Å². The summed E-state index contributed by atoms with van der Waals surface area (Å²) in [6, 6.07) is -0.207. The van der Waals surface area contributed by atoms with Gasteiger partial charge in [-0.15, -0.1) is 0 Å². The molecule has 0 bridgehead atoms. The van der Waals surface area contributed by atoms with Gasteiger partial charge in [0.15, 0.2) is 0 Å². The molecule has 1 fully saturated rings. The molecule has 1 saturated carbocycles. The van der Waals surface area contributed by atoms with Gasteiger partial charge in [-0.05, 0) is 44.8 Å². The molecule has 0 spiro atoms. The average molecular weight is 302 g/mol. The predicted octanol–water partition coefficient (Wildman–Crippen LogP) is 2.41. The molecule has 2 amide bonds. The first kappa shape index (κ1) is 17.1. The molecule has 0 aromatic rings. The fraction of sp³-hybridized carbons (Fsp3) is 0.857. The number of amides is 2. The molecule has 116 valence electrons. The van der Waals surface area contributed by atoms with E-state index in [1.807, 2.05) is 13.2 Å². The zero-order valence-corrected chi connectivity index (χ0v) is 13.6.